The van der Waals surface area contributed by atoms with Gasteiger partial charge >= 0.3 is 0 Å². The van der Waals surface area contributed by atoms with Crippen molar-refractivity contribution in [2.24, 2.45) is 0 Å². The van der Waals surface area contributed by atoms with Crippen molar-refractivity contribution in [1.82, 2.24) is 10.3 Å². The van der Waals surface area contributed by atoms with Gasteiger partial charge in [0.1, 0.15) is 5.60 Å². The molecule has 1 fully saturated rings. The van der Waals surface area contributed by atoms with Crippen molar-refractivity contribution in [2.75, 3.05) is 13.7 Å². The van der Waals surface area contributed by atoms with E-state index in [0.717, 1.165) is 31.5 Å². The lowest BCUT2D eigenvalue weighted by Gasteiger charge is -2.39. The second-order valence-electron chi connectivity index (χ2n) is 4.43. The summed E-state index contributed by atoms with van der Waals surface area (Å²) in [6, 6.07) is 6.59. The molecule has 2 rings (SSSR count). The van der Waals surface area contributed by atoms with E-state index in [-0.39, 0.29) is 5.60 Å². The molecule has 0 aromatic carbocycles. The zero-order chi connectivity index (χ0) is 11.4. The minimum Gasteiger partial charge on any atom is -0.372 e. The highest BCUT2D eigenvalue weighted by atomic mass is 16.5. The molecule has 1 N–H and O–H groups in total. The van der Waals surface area contributed by atoms with Crippen LogP contribution in [0.3, 0.4) is 0 Å². The smallest absolute Gasteiger partial charge is 0.112 e. The van der Waals surface area contributed by atoms with Crippen LogP contribution in [0.1, 0.15) is 31.9 Å². The minimum absolute atomic E-state index is 0.187. The number of rotatable bonds is 3. The highest BCUT2D eigenvalue weighted by Gasteiger charge is 2.38. The number of hydrogen-bond donors (Lipinski definition) is 1. The Morgan fingerprint density at radius 3 is 3.06 bits per heavy atom. The maximum Gasteiger partial charge on any atom is 0.112 e. The molecule has 1 aliphatic rings. The van der Waals surface area contributed by atoms with Crippen LogP contribution >= 0.6 is 0 Å². The second kappa shape index (κ2) is 4.93. The van der Waals surface area contributed by atoms with Crippen molar-refractivity contribution >= 4 is 0 Å². The van der Waals surface area contributed by atoms with Crippen LogP contribution in [0, 0.1) is 0 Å². The first-order chi connectivity index (χ1) is 7.80. The van der Waals surface area contributed by atoms with Gasteiger partial charge in [-0.05, 0) is 37.9 Å². The topological polar surface area (TPSA) is 34.1 Å². The quantitative estimate of drug-likeness (QED) is 0.847. The number of piperidine rings is 1. The fourth-order valence-corrected chi connectivity index (χ4v) is 2.49. The van der Waals surface area contributed by atoms with Crippen LogP contribution in [-0.4, -0.2) is 24.7 Å². The Balaban J connectivity index is 2.25. The van der Waals surface area contributed by atoms with Gasteiger partial charge in [0.2, 0.25) is 0 Å². The molecular weight excluding hydrogens is 200 g/mol. The van der Waals surface area contributed by atoms with E-state index in [2.05, 4.69) is 23.3 Å². The monoisotopic (exact) mass is 220 g/mol. The molecule has 2 unspecified atom stereocenters. The summed E-state index contributed by atoms with van der Waals surface area (Å²) in [5.41, 5.74) is 0.880. The summed E-state index contributed by atoms with van der Waals surface area (Å²) in [4.78, 5) is 4.46. The predicted octanol–water partition coefficient (Wildman–Crippen LogP) is 2.09. The summed E-state index contributed by atoms with van der Waals surface area (Å²) in [5, 5.41) is 3.52. The molecule has 1 aromatic heterocycles. The fourth-order valence-electron chi connectivity index (χ4n) is 2.49. The number of hydrogen-bond acceptors (Lipinski definition) is 3. The van der Waals surface area contributed by atoms with Gasteiger partial charge in [0.25, 0.3) is 0 Å². The van der Waals surface area contributed by atoms with Crippen molar-refractivity contribution in [3.05, 3.63) is 30.1 Å². The molecular formula is C13H20N2O. The van der Waals surface area contributed by atoms with Crippen LogP contribution in [0.15, 0.2) is 24.4 Å². The summed E-state index contributed by atoms with van der Waals surface area (Å²) in [5.74, 6) is 0. The van der Waals surface area contributed by atoms with E-state index in [0.29, 0.717) is 6.04 Å². The molecule has 0 aliphatic carbocycles. The number of nitrogens with one attached hydrogen (secondary N) is 1. The lowest BCUT2D eigenvalue weighted by atomic mass is 9.83. The normalized spacial score (nSPS) is 30.2. The molecule has 16 heavy (non-hydrogen) atoms. The van der Waals surface area contributed by atoms with Crippen molar-refractivity contribution in [3.8, 4) is 0 Å². The molecule has 88 valence electrons. The zero-order valence-corrected chi connectivity index (χ0v) is 10.1. The van der Waals surface area contributed by atoms with E-state index in [1.54, 1.807) is 7.11 Å². The zero-order valence-electron chi connectivity index (χ0n) is 10.1. The molecule has 2 atom stereocenters. The van der Waals surface area contributed by atoms with Crippen LogP contribution in [0.5, 0.6) is 0 Å². The fraction of sp³-hybridized carbons (Fsp3) is 0.615. The SMILES string of the molecule is CCC1CC(OC)(c2ccccn2)CCN1. The number of pyridine rings is 1. The van der Waals surface area contributed by atoms with Crippen molar-refractivity contribution in [3.63, 3.8) is 0 Å². The molecule has 1 aromatic rings. The Labute approximate surface area is 97.2 Å². The van der Waals surface area contributed by atoms with Gasteiger partial charge in [0.05, 0.1) is 5.69 Å². The van der Waals surface area contributed by atoms with E-state index >= 15 is 0 Å². The highest BCUT2D eigenvalue weighted by molar-refractivity contribution is 5.15. The van der Waals surface area contributed by atoms with E-state index in [9.17, 15) is 0 Å². The molecule has 1 saturated heterocycles. The lowest BCUT2D eigenvalue weighted by Crippen LogP contribution is -2.47. The van der Waals surface area contributed by atoms with Crippen molar-refractivity contribution in [1.29, 1.82) is 0 Å². The molecule has 3 nitrogen and oxygen atoms in total. The minimum atomic E-state index is -0.187. The molecule has 0 amide bonds. The van der Waals surface area contributed by atoms with Crippen LogP contribution in [-0.2, 0) is 10.3 Å². The molecule has 0 saturated carbocycles. The second-order valence-corrected chi connectivity index (χ2v) is 4.43. The standard InChI is InChI=1S/C13H20N2O/c1-3-11-10-13(16-2,7-9-14-11)12-6-4-5-8-15-12/h4-6,8,11,14H,3,7,9-10H2,1-2H3. The first-order valence-electron chi connectivity index (χ1n) is 6.01. The maximum atomic E-state index is 5.79. The molecule has 3 heteroatoms. The van der Waals surface area contributed by atoms with Crippen LogP contribution < -0.4 is 5.32 Å². The predicted molar refractivity (Wildman–Crippen MR) is 64.2 cm³/mol. The van der Waals surface area contributed by atoms with Gasteiger partial charge in [0, 0.05) is 19.3 Å². The van der Waals surface area contributed by atoms with Crippen LogP contribution in [0.2, 0.25) is 0 Å². The Kier molecular flexibility index (Phi) is 3.56. The van der Waals surface area contributed by atoms with Gasteiger partial charge in [-0.15, -0.1) is 0 Å². The Morgan fingerprint density at radius 2 is 2.44 bits per heavy atom. The van der Waals surface area contributed by atoms with Gasteiger partial charge < -0.3 is 10.1 Å². The van der Waals surface area contributed by atoms with Crippen LogP contribution in [0.25, 0.3) is 0 Å². The van der Waals surface area contributed by atoms with Crippen molar-refractivity contribution < 1.29 is 4.74 Å². The molecule has 0 radical (unpaired) electrons. The summed E-state index contributed by atoms with van der Waals surface area (Å²) in [7, 11) is 1.80. The first kappa shape index (κ1) is 11.6. The van der Waals surface area contributed by atoms with E-state index in [4.69, 9.17) is 4.74 Å². The van der Waals surface area contributed by atoms with Gasteiger partial charge in [-0.25, -0.2) is 0 Å². The summed E-state index contributed by atoms with van der Waals surface area (Å²) < 4.78 is 5.79. The average molecular weight is 220 g/mol. The lowest BCUT2D eigenvalue weighted by molar-refractivity contribution is -0.0542. The van der Waals surface area contributed by atoms with Gasteiger partial charge in [0.15, 0.2) is 0 Å². The third-order valence-corrected chi connectivity index (χ3v) is 3.55. The van der Waals surface area contributed by atoms with Gasteiger partial charge in [-0.3, -0.25) is 4.98 Å². The van der Waals surface area contributed by atoms with Crippen LogP contribution in [0.4, 0.5) is 0 Å². The first-order valence-corrected chi connectivity index (χ1v) is 6.01. The van der Waals surface area contributed by atoms with E-state index in [1.165, 1.54) is 0 Å². The third-order valence-electron chi connectivity index (χ3n) is 3.55. The van der Waals surface area contributed by atoms with E-state index < -0.39 is 0 Å². The number of methoxy groups -OCH3 is 1. The average Bonchev–Trinajstić information content (AvgIpc) is 2.39. The van der Waals surface area contributed by atoms with E-state index in [1.807, 2.05) is 18.3 Å². The Bertz CT molecular complexity index is 328. The summed E-state index contributed by atoms with van der Waals surface area (Å²) >= 11 is 0. The number of ether oxygens (including phenoxy) is 1. The Morgan fingerprint density at radius 1 is 1.56 bits per heavy atom. The summed E-state index contributed by atoms with van der Waals surface area (Å²) in [6.07, 6.45) is 4.99. The number of aromatic nitrogens is 1. The Hall–Kier alpha value is -0.930. The molecule has 0 spiro atoms. The summed E-state index contributed by atoms with van der Waals surface area (Å²) in [6.45, 7) is 3.21. The molecule has 1 aliphatic heterocycles. The number of nitrogens with zero attached hydrogens (tertiary/aromatic N) is 1. The largest absolute Gasteiger partial charge is 0.372 e. The maximum absolute atomic E-state index is 5.79. The van der Waals surface area contributed by atoms with Gasteiger partial charge in [-0.2, -0.15) is 0 Å². The van der Waals surface area contributed by atoms with Crippen molar-refractivity contribution in [2.45, 2.75) is 37.8 Å². The highest BCUT2D eigenvalue weighted by Crippen LogP contribution is 2.35. The van der Waals surface area contributed by atoms with Gasteiger partial charge in [-0.1, -0.05) is 13.0 Å². The molecule has 0 bridgehead atoms. The molecule has 2 heterocycles. The third kappa shape index (κ3) is 2.11.